The van der Waals surface area contributed by atoms with Crippen LogP contribution in [0.15, 0.2) is 65.8 Å². The summed E-state index contributed by atoms with van der Waals surface area (Å²) in [6, 6.07) is 19.3. The zero-order chi connectivity index (χ0) is 16.8. The second-order valence-corrected chi connectivity index (χ2v) is 6.06. The highest BCUT2D eigenvalue weighted by Gasteiger charge is 2.14. The molecule has 24 heavy (non-hydrogen) atoms. The van der Waals surface area contributed by atoms with E-state index >= 15 is 0 Å². The van der Waals surface area contributed by atoms with Gasteiger partial charge in [0.15, 0.2) is 5.16 Å². The van der Waals surface area contributed by atoms with Crippen molar-refractivity contribution >= 4 is 29.3 Å². The van der Waals surface area contributed by atoms with Gasteiger partial charge in [-0.1, -0.05) is 60.3 Å². The molecule has 3 rings (SSSR count). The maximum Gasteiger partial charge on any atom is 0.244 e. The average Bonchev–Trinajstić information content (AvgIpc) is 2.95. The number of carbonyl (C=O) groups excluding carboxylic acids is 1. The molecule has 0 saturated heterocycles. The van der Waals surface area contributed by atoms with Crippen LogP contribution in [0.1, 0.15) is 5.56 Å². The van der Waals surface area contributed by atoms with Crippen molar-refractivity contribution in [2.75, 3.05) is 11.1 Å². The molecule has 7 heteroatoms. The number of hydrogen-bond donors (Lipinski definition) is 2. The van der Waals surface area contributed by atoms with Gasteiger partial charge in [0.2, 0.25) is 11.9 Å². The Hall–Kier alpha value is -2.80. The first-order chi connectivity index (χ1) is 11.7. The van der Waals surface area contributed by atoms with Crippen molar-refractivity contribution in [3.63, 3.8) is 0 Å². The van der Waals surface area contributed by atoms with E-state index in [1.54, 1.807) is 4.57 Å². The van der Waals surface area contributed by atoms with Crippen molar-refractivity contribution in [1.82, 2.24) is 14.8 Å². The summed E-state index contributed by atoms with van der Waals surface area (Å²) in [5.74, 6) is 0.794. The van der Waals surface area contributed by atoms with Crippen LogP contribution in [0.25, 0.3) is 0 Å². The molecule has 2 aromatic carbocycles. The minimum absolute atomic E-state index is 0.0743. The van der Waals surface area contributed by atoms with Crippen LogP contribution >= 0.6 is 11.8 Å². The maximum absolute atomic E-state index is 12.2. The van der Waals surface area contributed by atoms with Gasteiger partial charge in [0.25, 0.3) is 0 Å². The van der Waals surface area contributed by atoms with E-state index in [9.17, 15) is 4.79 Å². The number of nitrogens with zero attached hydrogens (tertiary/aromatic N) is 3. The lowest BCUT2D eigenvalue weighted by atomic mass is 10.2. The molecule has 0 atom stereocenters. The van der Waals surface area contributed by atoms with E-state index < -0.39 is 0 Å². The fourth-order valence-electron chi connectivity index (χ4n) is 2.14. The molecule has 1 heterocycles. The van der Waals surface area contributed by atoms with Crippen LogP contribution in [0.2, 0.25) is 0 Å². The first kappa shape index (κ1) is 16.1. The van der Waals surface area contributed by atoms with E-state index in [4.69, 9.17) is 5.73 Å². The van der Waals surface area contributed by atoms with Gasteiger partial charge in [-0.15, -0.1) is 10.2 Å². The highest BCUT2D eigenvalue weighted by atomic mass is 32.2. The average molecular weight is 339 g/mol. The molecule has 0 bridgehead atoms. The van der Waals surface area contributed by atoms with E-state index in [0.717, 1.165) is 11.4 Å². The Balaban J connectivity index is 1.65. The first-order valence-corrected chi connectivity index (χ1v) is 8.41. The van der Waals surface area contributed by atoms with Crippen molar-refractivity contribution < 1.29 is 4.79 Å². The van der Waals surface area contributed by atoms with Gasteiger partial charge < -0.3 is 11.1 Å². The predicted molar refractivity (Wildman–Crippen MR) is 95.5 cm³/mol. The fraction of sp³-hybridized carbons (Fsp3) is 0.118. The van der Waals surface area contributed by atoms with E-state index in [2.05, 4.69) is 15.5 Å². The van der Waals surface area contributed by atoms with Crippen molar-refractivity contribution in [3.05, 3.63) is 66.2 Å². The van der Waals surface area contributed by atoms with Gasteiger partial charge in [-0.05, 0) is 17.7 Å². The summed E-state index contributed by atoms with van der Waals surface area (Å²) < 4.78 is 1.62. The van der Waals surface area contributed by atoms with Crippen LogP contribution in [0.4, 0.5) is 11.6 Å². The molecule has 0 spiro atoms. The number of nitrogens with two attached hydrogens (primary N) is 1. The molecule has 0 unspecified atom stereocenters. The van der Waals surface area contributed by atoms with Crippen molar-refractivity contribution in [2.45, 2.75) is 17.5 Å². The fourth-order valence-corrected chi connectivity index (χ4v) is 3.04. The summed E-state index contributed by atoms with van der Waals surface area (Å²) in [7, 11) is 0. The SMILES string of the molecule is Nc1nnc(SCc2ccccc2)n1CC(=O)Nc1ccccc1. The van der Waals surface area contributed by atoms with Crippen molar-refractivity contribution in [1.29, 1.82) is 0 Å². The molecule has 1 amide bonds. The zero-order valence-electron chi connectivity index (χ0n) is 12.9. The normalized spacial score (nSPS) is 10.5. The molecule has 0 radical (unpaired) electrons. The third-order valence-electron chi connectivity index (χ3n) is 3.32. The monoisotopic (exact) mass is 339 g/mol. The van der Waals surface area contributed by atoms with Crippen LogP contribution < -0.4 is 11.1 Å². The summed E-state index contributed by atoms with van der Waals surface area (Å²) in [5, 5.41) is 11.4. The van der Waals surface area contributed by atoms with Crippen LogP contribution in [-0.2, 0) is 17.1 Å². The van der Waals surface area contributed by atoms with Crippen LogP contribution in [-0.4, -0.2) is 20.7 Å². The standard InChI is InChI=1S/C17H17N5OS/c18-16-20-21-17(24-12-13-7-3-1-4-8-13)22(16)11-15(23)19-14-9-5-2-6-10-14/h1-10H,11-12H2,(H2,18,20)(H,19,23). The maximum atomic E-state index is 12.2. The number of anilines is 2. The number of hydrogen-bond acceptors (Lipinski definition) is 5. The predicted octanol–water partition coefficient (Wildman–Crippen LogP) is 2.79. The first-order valence-electron chi connectivity index (χ1n) is 7.42. The molecule has 0 saturated carbocycles. The Morgan fingerprint density at radius 3 is 2.42 bits per heavy atom. The van der Waals surface area contributed by atoms with Crippen molar-refractivity contribution in [3.8, 4) is 0 Å². The lowest BCUT2D eigenvalue weighted by Crippen LogP contribution is -2.20. The third kappa shape index (κ3) is 4.14. The molecule has 3 N–H and O–H groups in total. The lowest BCUT2D eigenvalue weighted by Gasteiger charge is -2.09. The molecule has 0 aliphatic heterocycles. The smallest absolute Gasteiger partial charge is 0.244 e. The molecule has 0 aliphatic rings. The Kier molecular flexibility index (Phi) is 5.12. The second-order valence-electron chi connectivity index (χ2n) is 5.12. The minimum Gasteiger partial charge on any atom is -0.368 e. The molecule has 1 aromatic heterocycles. The molecule has 0 aliphatic carbocycles. The van der Waals surface area contributed by atoms with Crippen LogP contribution in [0, 0.1) is 0 Å². The van der Waals surface area contributed by atoms with E-state index in [0.29, 0.717) is 5.16 Å². The Labute approximate surface area is 144 Å². The molecule has 0 fully saturated rings. The topological polar surface area (TPSA) is 85.8 Å². The summed E-state index contributed by atoms with van der Waals surface area (Å²) in [6.07, 6.45) is 0. The summed E-state index contributed by atoms with van der Waals surface area (Å²) in [6.45, 7) is 0.0743. The van der Waals surface area contributed by atoms with Gasteiger partial charge >= 0.3 is 0 Å². The number of thioether (sulfide) groups is 1. The van der Waals surface area contributed by atoms with E-state index in [-0.39, 0.29) is 18.4 Å². The van der Waals surface area contributed by atoms with Gasteiger partial charge in [0.05, 0.1) is 0 Å². The van der Waals surface area contributed by atoms with Crippen LogP contribution in [0.3, 0.4) is 0 Å². The van der Waals surface area contributed by atoms with Crippen molar-refractivity contribution in [2.24, 2.45) is 0 Å². The largest absolute Gasteiger partial charge is 0.368 e. The number of amides is 1. The highest BCUT2D eigenvalue weighted by Crippen LogP contribution is 2.22. The molecular weight excluding hydrogens is 322 g/mol. The number of benzene rings is 2. The highest BCUT2D eigenvalue weighted by molar-refractivity contribution is 7.98. The molecule has 3 aromatic rings. The number of aromatic nitrogens is 3. The number of rotatable bonds is 6. The molecule has 122 valence electrons. The van der Waals surface area contributed by atoms with Gasteiger partial charge in [0, 0.05) is 11.4 Å². The van der Waals surface area contributed by atoms with Gasteiger partial charge in [-0.3, -0.25) is 9.36 Å². The van der Waals surface area contributed by atoms with E-state index in [1.165, 1.54) is 17.3 Å². The van der Waals surface area contributed by atoms with Crippen LogP contribution in [0.5, 0.6) is 0 Å². The Morgan fingerprint density at radius 2 is 1.71 bits per heavy atom. The quantitative estimate of drug-likeness (QED) is 0.675. The third-order valence-corrected chi connectivity index (χ3v) is 4.35. The number of nitrogen functional groups attached to an aromatic ring is 1. The summed E-state index contributed by atoms with van der Waals surface area (Å²) >= 11 is 1.50. The number of nitrogens with one attached hydrogen (secondary N) is 1. The number of para-hydroxylation sites is 1. The lowest BCUT2D eigenvalue weighted by molar-refractivity contribution is -0.116. The van der Waals surface area contributed by atoms with Gasteiger partial charge in [0.1, 0.15) is 6.54 Å². The van der Waals surface area contributed by atoms with E-state index in [1.807, 2.05) is 60.7 Å². The van der Waals surface area contributed by atoms with Gasteiger partial charge in [-0.25, -0.2) is 0 Å². The molecular formula is C17H17N5OS. The summed E-state index contributed by atoms with van der Waals surface area (Å²) in [5.41, 5.74) is 7.76. The second kappa shape index (κ2) is 7.65. The number of carbonyl (C=O) groups is 1. The summed E-state index contributed by atoms with van der Waals surface area (Å²) in [4.78, 5) is 12.2. The minimum atomic E-state index is -0.172. The molecule has 6 nitrogen and oxygen atoms in total. The Bertz CT molecular complexity index is 804. The van der Waals surface area contributed by atoms with Gasteiger partial charge in [-0.2, -0.15) is 0 Å². The Morgan fingerprint density at radius 1 is 1.04 bits per heavy atom. The zero-order valence-corrected chi connectivity index (χ0v) is 13.7.